The van der Waals surface area contributed by atoms with E-state index in [0.29, 0.717) is 18.0 Å². The molecule has 0 saturated carbocycles. The fourth-order valence-electron chi connectivity index (χ4n) is 3.87. The van der Waals surface area contributed by atoms with Crippen LogP contribution in [0, 0.1) is 0 Å². The number of carbonyl (C=O) groups is 1. The molecule has 0 spiro atoms. The average Bonchev–Trinajstić information content (AvgIpc) is 3.24. The predicted molar refractivity (Wildman–Crippen MR) is 125 cm³/mol. The first-order chi connectivity index (χ1) is 15.6. The van der Waals surface area contributed by atoms with E-state index in [1.807, 2.05) is 24.3 Å². The Hall–Kier alpha value is -3.23. The Morgan fingerprint density at radius 1 is 1.00 bits per heavy atom. The maximum Gasteiger partial charge on any atom is 0.319 e. The van der Waals surface area contributed by atoms with Crippen molar-refractivity contribution < 1.29 is 19.0 Å². The number of nitrogens with zero attached hydrogens (tertiary/aromatic N) is 2. The zero-order valence-electron chi connectivity index (χ0n) is 18.6. The third kappa shape index (κ3) is 5.52. The molecule has 0 unspecified atom stereocenters. The van der Waals surface area contributed by atoms with Crippen LogP contribution in [0.5, 0.6) is 11.5 Å². The summed E-state index contributed by atoms with van der Waals surface area (Å²) in [7, 11) is 3.20. The van der Waals surface area contributed by atoms with Gasteiger partial charge in [0.2, 0.25) is 0 Å². The van der Waals surface area contributed by atoms with E-state index in [9.17, 15) is 4.79 Å². The number of hydrogen-bond acceptors (Lipinski definition) is 5. The van der Waals surface area contributed by atoms with Crippen LogP contribution in [-0.4, -0.2) is 62.6 Å². The first kappa shape index (κ1) is 22.0. The summed E-state index contributed by atoms with van der Waals surface area (Å²) in [5.41, 5.74) is 2.81. The molecular formula is C24H30N4O4. The molecule has 3 aromatic rings. The number of amides is 2. The topological polar surface area (TPSA) is 77.0 Å². The smallest absolute Gasteiger partial charge is 0.319 e. The van der Waals surface area contributed by atoms with Gasteiger partial charge in [-0.15, -0.1) is 0 Å². The molecule has 2 amide bonds. The zero-order chi connectivity index (χ0) is 22.3. The number of hydrogen-bond donors (Lipinski definition) is 2. The van der Waals surface area contributed by atoms with E-state index in [2.05, 4.69) is 38.4 Å². The minimum Gasteiger partial charge on any atom is -0.497 e. The van der Waals surface area contributed by atoms with Gasteiger partial charge in [0.15, 0.2) is 0 Å². The van der Waals surface area contributed by atoms with E-state index in [-0.39, 0.29) is 6.03 Å². The number of aromatic nitrogens is 1. The van der Waals surface area contributed by atoms with Crippen molar-refractivity contribution >= 4 is 22.6 Å². The lowest BCUT2D eigenvalue weighted by atomic mass is 10.2. The Labute approximate surface area is 188 Å². The molecule has 2 heterocycles. The van der Waals surface area contributed by atoms with E-state index >= 15 is 0 Å². The molecule has 0 aliphatic carbocycles. The first-order valence-corrected chi connectivity index (χ1v) is 10.8. The van der Waals surface area contributed by atoms with E-state index in [1.165, 1.54) is 0 Å². The second-order valence-corrected chi connectivity index (χ2v) is 7.77. The minimum absolute atomic E-state index is 0.266. The molecule has 170 valence electrons. The Balaban J connectivity index is 1.33. The fraction of sp³-hybridized carbons (Fsp3) is 0.375. The highest BCUT2D eigenvalue weighted by Gasteiger charge is 2.11. The number of methoxy groups -OCH3 is 2. The summed E-state index contributed by atoms with van der Waals surface area (Å²) >= 11 is 0. The van der Waals surface area contributed by atoms with Crippen LogP contribution in [0.4, 0.5) is 10.5 Å². The zero-order valence-corrected chi connectivity index (χ0v) is 18.6. The lowest BCUT2D eigenvalue weighted by molar-refractivity contribution is 0.0365. The first-order valence-electron chi connectivity index (χ1n) is 10.8. The van der Waals surface area contributed by atoms with Crippen LogP contribution in [0.1, 0.15) is 5.56 Å². The van der Waals surface area contributed by atoms with Gasteiger partial charge in [-0.3, -0.25) is 4.90 Å². The summed E-state index contributed by atoms with van der Waals surface area (Å²) in [5, 5.41) is 6.89. The summed E-state index contributed by atoms with van der Waals surface area (Å²) in [6, 6.07) is 13.3. The highest BCUT2D eigenvalue weighted by atomic mass is 16.5. The molecule has 1 aromatic heterocycles. The number of morpholine rings is 1. The summed E-state index contributed by atoms with van der Waals surface area (Å²) in [6.07, 6.45) is 2.10. The van der Waals surface area contributed by atoms with Crippen LogP contribution in [0.15, 0.2) is 48.7 Å². The third-order valence-corrected chi connectivity index (χ3v) is 5.65. The van der Waals surface area contributed by atoms with Crippen molar-refractivity contribution in [2.45, 2.75) is 13.1 Å². The van der Waals surface area contributed by atoms with Gasteiger partial charge in [0.25, 0.3) is 0 Å². The molecular weight excluding hydrogens is 408 g/mol. The Morgan fingerprint density at radius 3 is 2.47 bits per heavy atom. The van der Waals surface area contributed by atoms with Crippen LogP contribution >= 0.6 is 0 Å². The van der Waals surface area contributed by atoms with Crippen molar-refractivity contribution in [3.63, 3.8) is 0 Å². The molecule has 1 fully saturated rings. The fourth-order valence-corrected chi connectivity index (χ4v) is 3.87. The van der Waals surface area contributed by atoms with Crippen molar-refractivity contribution in [3.8, 4) is 11.5 Å². The second kappa shape index (κ2) is 10.4. The molecule has 2 aromatic carbocycles. The number of anilines is 1. The number of ether oxygens (including phenoxy) is 3. The van der Waals surface area contributed by atoms with Gasteiger partial charge in [0.1, 0.15) is 11.5 Å². The van der Waals surface area contributed by atoms with Gasteiger partial charge in [-0.2, -0.15) is 0 Å². The quantitative estimate of drug-likeness (QED) is 0.564. The van der Waals surface area contributed by atoms with E-state index in [4.69, 9.17) is 14.2 Å². The van der Waals surface area contributed by atoms with E-state index in [0.717, 1.165) is 61.5 Å². The molecule has 8 heteroatoms. The maximum atomic E-state index is 12.4. The van der Waals surface area contributed by atoms with Crippen molar-refractivity contribution in [1.29, 1.82) is 0 Å². The minimum atomic E-state index is -0.266. The molecule has 1 aliphatic rings. The van der Waals surface area contributed by atoms with E-state index in [1.54, 1.807) is 20.3 Å². The Morgan fingerprint density at radius 2 is 1.75 bits per heavy atom. The molecule has 8 nitrogen and oxygen atoms in total. The number of fused-ring (bicyclic) bond motifs is 1. The number of benzene rings is 2. The maximum absolute atomic E-state index is 12.4. The largest absolute Gasteiger partial charge is 0.497 e. The van der Waals surface area contributed by atoms with E-state index < -0.39 is 0 Å². The number of urea groups is 1. The number of nitrogens with one attached hydrogen (secondary N) is 2. The summed E-state index contributed by atoms with van der Waals surface area (Å²) < 4.78 is 18.2. The van der Waals surface area contributed by atoms with Crippen LogP contribution in [-0.2, 0) is 17.8 Å². The highest BCUT2D eigenvalue weighted by Crippen LogP contribution is 2.23. The SMILES string of the molecule is COc1cc(CNC(=O)Nc2ccc3c(ccn3CCN3CCOCC3)c2)cc(OC)c1. The van der Waals surface area contributed by atoms with Crippen molar-refractivity contribution in [2.24, 2.45) is 0 Å². The molecule has 32 heavy (non-hydrogen) atoms. The lowest BCUT2D eigenvalue weighted by Gasteiger charge is -2.26. The van der Waals surface area contributed by atoms with Crippen LogP contribution in [0.2, 0.25) is 0 Å². The van der Waals surface area contributed by atoms with Crippen molar-refractivity contribution in [1.82, 2.24) is 14.8 Å². The normalized spacial score (nSPS) is 14.3. The highest BCUT2D eigenvalue weighted by molar-refractivity contribution is 5.92. The predicted octanol–water partition coefficient (Wildman–Crippen LogP) is 3.31. The van der Waals surface area contributed by atoms with Gasteiger partial charge < -0.3 is 29.4 Å². The molecule has 0 bridgehead atoms. The Bertz CT molecular complexity index is 1040. The van der Waals surface area contributed by atoms with Gasteiger partial charge >= 0.3 is 6.03 Å². The molecule has 1 saturated heterocycles. The third-order valence-electron chi connectivity index (χ3n) is 5.65. The lowest BCUT2D eigenvalue weighted by Crippen LogP contribution is -2.38. The second-order valence-electron chi connectivity index (χ2n) is 7.77. The Kier molecular flexibility index (Phi) is 7.14. The van der Waals surface area contributed by atoms with Crippen LogP contribution < -0.4 is 20.1 Å². The number of carbonyl (C=O) groups excluding carboxylic acids is 1. The molecule has 2 N–H and O–H groups in total. The van der Waals surface area contributed by atoms with Gasteiger partial charge in [0.05, 0.1) is 27.4 Å². The van der Waals surface area contributed by atoms with Crippen molar-refractivity contribution in [2.75, 3.05) is 52.4 Å². The molecule has 1 aliphatic heterocycles. The summed E-state index contributed by atoms with van der Waals surface area (Å²) in [6.45, 7) is 5.91. The van der Waals surface area contributed by atoms with Gasteiger partial charge in [-0.1, -0.05) is 0 Å². The van der Waals surface area contributed by atoms with Gasteiger partial charge in [0, 0.05) is 61.6 Å². The number of rotatable bonds is 8. The molecule has 0 radical (unpaired) electrons. The molecule has 0 atom stereocenters. The summed E-state index contributed by atoms with van der Waals surface area (Å²) in [4.78, 5) is 14.8. The standard InChI is InChI=1S/C24H30N4O4/c1-30-21-13-18(14-22(16-21)31-2)17-25-24(29)26-20-3-4-23-19(15-20)5-6-28(23)8-7-27-9-11-32-12-10-27/h3-6,13-16H,7-12,17H2,1-2H3,(H2,25,26,29). The van der Waals surface area contributed by atoms with Crippen LogP contribution in [0.25, 0.3) is 10.9 Å². The monoisotopic (exact) mass is 438 g/mol. The van der Waals surface area contributed by atoms with Gasteiger partial charge in [-0.05, 0) is 42.0 Å². The molecule has 4 rings (SSSR count). The van der Waals surface area contributed by atoms with Crippen molar-refractivity contribution in [3.05, 3.63) is 54.2 Å². The summed E-state index contributed by atoms with van der Waals surface area (Å²) in [5.74, 6) is 1.37. The average molecular weight is 439 g/mol. The van der Waals surface area contributed by atoms with Gasteiger partial charge in [-0.25, -0.2) is 4.79 Å². The van der Waals surface area contributed by atoms with Crippen LogP contribution in [0.3, 0.4) is 0 Å².